The van der Waals surface area contributed by atoms with Crippen LogP contribution in [-0.4, -0.2) is 45.5 Å². The van der Waals surface area contributed by atoms with Gasteiger partial charge in [-0.15, -0.1) is 10.2 Å². The number of thioether (sulfide) groups is 1. The number of aromatic nitrogens is 3. The first-order valence-corrected chi connectivity index (χ1v) is 9.49. The van der Waals surface area contributed by atoms with Crippen LogP contribution in [0.3, 0.4) is 0 Å². The second-order valence-corrected chi connectivity index (χ2v) is 6.97. The van der Waals surface area contributed by atoms with E-state index >= 15 is 0 Å². The number of carbonyl (C=O) groups is 1. The molecule has 8 heteroatoms. The molecule has 0 unspecified atom stereocenters. The van der Waals surface area contributed by atoms with Crippen molar-refractivity contribution in [1.29, 1.82) is 5.26 Å². The van der Waals surface area contributed by atoms with E-state index in [0.29, 0.717) is 17.3 Å². The average molecular weight is 393 g/mol. The molecule has 2 aromatic carbocycles. The number of ether oxygens (including phenoxy) is 1. The molecule has 0 saturated carbocycles. The van der Waals surface area contributed by atoms with Crippen LogP contribution in [0.4, 0.5) is 0 Å². The lowest BCUT2D eigenvalue weighted by Gasteiger charge is -2.17. The van der Waals surface area contributed by atoms with Crippen LogP contribution in [0.2, 0.25) is 0 Å². The fourth-order valence-corrected chi connectivity index (χ4v) is 3.40. The molecule has 0 radical (unpaired) electrons. The highest BCUT2D eigenvalue weighted by atomic mass is 32.2. The van der Waals surface area contributed by atoms with Crippen LogP contribution in [0, 0.1) is 11.3 Å². The van der Waals surface area contributed by atoms with E-state index < -0.39 is 0 Å². The number of hydrogen-bond acceptors (Lipinski definition) is 6. The Morgan fingerprint density at radius 2 is 1.93 bits per heavy atom. The van der Waals surface area contributed by atoms with Gasteiger partial charge in [0.05, 0.1) is 24.5 Å². The van der Waals surface area contributed by atoms with Gasteiger partial charge in [0.25, 0.3) is 0 Å². The van der Waals surface area contributed by atoms with Crippen molar-refractivity contribution in [2.75, 3.05) is 19.9 Å². The molecule has 1 heterocycles. The predicted molar refractivity (Wildman–Crippen MR) is 106 cm³/mol. The first-order chi connectivity index (χ1) is 13.6. The summed E-state index contributed by atoms with van der Waals surface area (Å²) >= 11 is 1.34. The second-order valence-electron chi connectivity index (χ2n) is 6.03. The number of carbonyl (C=O) groups excluding carboxylic acids is 1. The molecule has 0 atom stereocenters. The van der Waals surface area contributed by atoms with Gasteiger partial charge < -0.3 is 9.64 Å². The van der Waals surface area contributed by atoms with Crippen molar-refractivity contribution < 1.29 is 9.53 Å². The molecule has 0 bridgehead atoms. The van der Waals surface area contributed by atoms with E-state index in [2.05, 4.69) is 16.3 Å². The van der Waals surface area contributed by atoms with E-state index in [4.69, 9.17) is 10.00 Å². The monoisotopic (exact) mass is 393 g/mol. The predicted octanol–water partition coefficient (Wildman–Crippen LogP) is 2.90. The molecule has 0 fully saturated rings. The molecule has 142 valence electrons. The number of nitriles is 1. The van der Waals surface area contributed by atoms with Crippen molar-refractivity contribution in [2.24, 2.45) is 0 Å². The Bertz CT molecular complexity index is 977. The van der Waals surface area contributed by atoms with Crippen LogP contribution in [0.1, 0.15) is 11.1 Å². The van der Waals surface area contributed by atoms with Gasteiger partial charge in [-0.2, -0.15) is 5.26 Å². The normalized spacial score (nSPS) is 10.3. The maximum atomic E-state index is 12.5. The molecule has 28 heavy (non-hydrogen) atoms. The molecule has 0 N–H and O–H groups in total. The quantitative estimate of drug-likeness (QED) is 0.574. The second kappa shape index (κ2) is 9.06. The molecule has 0 saturated heterocycles. The summed E-state index contributed by atoms with van der Waals surface area (Å²) in [5.74, 6) is 1.01. The van der Waals surface area contributed by atoms with Crippen LogP contribution in [0.15, 0.2) is 60.0 Å². The highest BCUT2D eigenvalue weighted by molar-refractivity contribution is 7.99. The van der Waals surface area contributed by atoms with Gasteiger partial charge in [-0.3, -0.25) is 9.36 Å². The van der Waals surface area contributed by atoms with Gasteiger partial charge in [0.2, 0.25) is 5.91 Å². The number of hydrogen-bond donors (Lipinski definition) is 0. The molecule has 3 aromatic rings. The fourth-order valence-electron chi connectivity index (χ4n) is 2.53. The van der Waals surface area contributed by atoms with Crippen molar-refractivity contribution in [3.8, 4) is 17.5 Å². The summed E-state index contributed by atoms with van der Waals surface area (Å²) in [7, 11) is 3.38. The third kappa shape index (κ3) is 4.69. The largest absolute Gasteiger partial charge is 0.497 e. The zero-order chi connectivity index (χ0) is 19.9. The summed E-state index contributed by atoms with van der Waals surface area (Å²) in [6, 6.07) is 16.8. The molecule has 0 aliphatic heterocycles. The molecular formula is C20H19N5O2S. The Balaban J connectivity index is 1.59. The summed E-state index contributed by atoms with van der Waals surface area (Å²) in [5.41, 5.74) is 2.47. The number of benzene rings is 2. The number of rotatable bonds is 7. The lowest BCUT2D eigenvalue weighted by atomic mass is 10.1. The van der Waals surface area contributed by atoms with E-state index in [0.717, 1.165) is 17.0 Å². The van der Waals surface area contributed by atoms with Crippen molar-refractivity contribution >= 4 is 17.7 Å². The topological polar surface area (TPSA) is 84.0 Å². The lowest BCUT2D eigenvalue weighted by molar-refractivity contribution is -0.127. The van der Waals surface area contributed by atoms with Gasteiger partial charge >= 0.3 is 0 Å². The Kier molecular flexibility index (Phi) is 6.29. The van der Waals surface area contributed by atoms with E-state index in [1.165, 1.54) is 11.8 Å². The van der Waals surface area contributed by atoms with Gasteiger partial charge in [-0.25, -0.2) is 0 Å². The first kappa shape index (κ1) is 19.5. The maximum Gasteiger partial charge on any atom is 0.233 e. The van der Waals surface area contributed by atoms with Gasteiger partial charge in [0.1, 0.15) is 12.1 Å². The van der Waals surface area contributed by atoms with Crippen LogP contribution in [-0.2, 0) is 11.3 Å². The zero-order valence-electron chi connectivity index (χ0n) is 15.6. The van der Waals surface area contributed by atoms with Crippen molar-refractivity contribution in [3.63, 3.8) is 0 Å². The fraction of sp³-hybridized carbons (Fsp3) is 0.200. The molecule has 0 aliphatic rings. The summed E-state index contributed by atoms with van der Waals surface area (Å²) in [6.07, 6.45) is 1.62. The van der Waals surface area contributed by atoms with Crippen molar-refractivity contribution in [2.45, 2.75) is 11.7 Å². The number of methoxy groups -OCH3 is 1. The Hall–Kier alpha value is -3.31. The zero-order valence-corrected chi connectivity index (χ0v) is 16.4. The summed E-state index contributed by atoms with van der Waals surface area (Å²) < 4.78 is 7.00. The van der Waals surface area contributed by atoms with E-state index in [-0.39, 0.29) is 11.7 Å². The SMILES string of the molecule is COc1ccc(-n2cnnc2SCC(=O)N(C)Cc2ccc(C#N)cc2)cc1. The van der Waals surface area contributed by atoms with E-state index in [1.807, 2.05) is 41.0 Å². The Labute approximate surface area is 167 Å². The van der Waals surface area contributed by atoms with Gasteiger partial charge in [0, 0.05) is 19.3 Å². The maximum absolute atomic E-state index is 12.5. The smallest absolute Gasteiger partial charge is 0.233 e. The summed E-state index contributed by atoms with van der Waals surface area (Å²) in [4.78, 5) is 14.1. The third-order valence-electron chi connectivity index (χ3n) is 4.12. The molecular weight excluding hydrogens is 374 g/mol. The van der Waals surface area contributed by atoms with Crippen LogP contribution >= 0.6 is 11.8 Å². The minimum atomic E-state index is -0.0151. The minimum absolute atomic E-state index is 0.0151. The molecule has 1 amide bonds. The van der Waals surface area contributed by atoms with Crippen LogP contribution < -0.4 is 4.74 Å². The number of nitrogens with zero attached hydrogens (tertiary/aromatic N) is 5. The lowest BCUT2D eigenvalue weighted by Crippen LogP contribution is -2.27. The number of amides is 1. The van der Waals surface area contributed by atoms with Gasteiger partial charge in [-0.05, 0) is 42.0 Å². The van der Waals surface area contributed by atoms with Gasteiger partial charge in [0.15, 0.2) is 5.16 Å². The van der Waals surface area contributed by atoms with Crippen LogP contribution in [0.5, 0.6) is 5.75 Å². The molecule has 3 rings (SSSR count). The molecule has 0 aliphatic carbocycles. The van der Waals surface area contributed by atoms with Crippen molar-refractivity contribution in [3.05, 3.63) is 66.0 Å². The molecule has 1 aromatic heterocycles. The Morgan fingerprint density at radius 1 is 1.21 bits per heavy atom. The van der Waals surface area contributed by atoms with Crippen LogP contribution in [0.25, 0.3) is 5.69 Å². The minimum Gasteiger partial charge on any atom is -0.497 e. The average Bonchev–Trinajstić information content (AvgIpc) is 3.21. The van der Waals surface area contributed by atoms with Crippen molar-refractivity contribution in [1.82, 2.24) is 19.7 Å². The van der Waals surface area contributed by atoms with Gasteiger partial charge in [-0.1, -0.05) is 23.9 Å². The Morgan fingerprint density at radius 3 is 2.57 bits per heavy atom. The highest BCUT2D eigenvalue weighted by Crippen LogP contribution is 2.22. The summed E-state index contributed by atoms with van der Waals surface area (Å²) in [6.45, 7) is 0.482. The van der Waals surface area contributed by atoms with E-state index in [9.17, 15) is 4.79 Å². The molecule has 7 nitrogen and oxygen atoms in total. The third-order valence-corrected chi connectivity index (χ3v) is 5.05. The summed E-state index contributed by atoms with van der Waals surface area (Å²) in [5, 5.41) is 17.6. The van der Waals surface area contributed by atoms with E-state index in [1.54, 1.807) is 37.5 Å². The molecule has 0 spiro atoms. The highest BCUT2D eigenvalue weighted by Gasteiger charge is 2.14. The standard InChI is InChI=1S/C20H19N5O2S/c1-24(12-16-5-3-15(11-21)4-6-16)19(26)13-28-20-23-22-14-25(20)17-7-9-18(27-2)10-8-17/h3-10,14H,12-13H2,1-2H3. The first-order valence-electron chi connectivity index (χ1n) is 8.51.